The van der Waals surface area contributed by atoms with Crippen LogP contribution in [0.2, 0.25) is 0 Å². The predicted octanol–water partition coefficient (Wildman–Crippen LogP) is 3.13. The molecule has 1 aromatic rings. The molecule has 1 fully saturated rings. The second-order valence-corrected chi connectivity index (χ2v) is 7.19. The molecule has 2 amide bonds. The number of benzene rings is 1. The minimum atomic E-state index is -0.878. The molecule has 1 saturated carbocycles. The number of hydrogen-bond acceptors (Lipinski definition) is 4. The largest absolute Gasteiger partial charge is 0.449 e. The Labute approximate surface area is 154 Å². The normalized spacial score (nSPS) is 23.6. The Kier molecular flexibility index (Phi) is 6.77. The maximum Gasteiger partial charge on any atom is 0.338 e. The molecule has 2 N–H and O–H groups in total. The third-order valence-electron chi connectivity index (χ3n) is 5.11. The molecule has 0 aliphatic heterocycles. The van der Waals surface area contributed by atoms with Gasteiger partial charge in [-0.2, -0.15) is 0 Å². The summed E-state index contributed by atoms with van der Waals surface area (Å²) in [5.74, 6) is -0.111. The van der Waals surface area contributed by atoms with Gasteiger partial charge in [-0.1, -0.05) is 32.8 Å². The Morgan fingerprint density at radius 3 is 2.62 bits per heavy atom. The molecule has 2 rings (SSSR count). The summed E-state index contributed by atoms with van der Waals surface area (Å²) in [6.07, 6.45) is 2.36. The van der Waals surface area contributed by atoms with Gasteiger partial charge in [-0.25, -0.2) is 4.79 Å². The summed E-state index contributed by atoms with van der Waals surface area (Å²) in [5, 5.41) is 5.63. The molecule has 142 valence electrons. The highest BCUT2D eigenvalue weighted by Gasteiger charge is 2.30. The molecule has 1 aromatic carbocycles. The van der Waals surface area contributed by atoms with Crippen molar-refractivity contribution in [1.29, 1.82) is 0 Å². The number of ether oxygens (including phenoxy) is 1. The number of carbonyl (C=O) groups excluding carboxylic acids is 3. The molecule has 0 bridgehead atoms. The first-order chi connectivity index (χ1) is 12.3. The van der Waals surface area contributed by atoms with Crippen molar-refractivity contribution in [3.8, 4) is 0 Å². The van der Waals surface area contributed by atoms with Crippen LogP contribution in [0, 0.1) is 11.8 Å². The van der Waals surface area contributed by atoms with Crippen molar-refractivity contribution in [2.24, 2.45) is 11.8 Å². The quantitative estimate of drug-likeness (QED) is 0.790. The summed E-state index contributed by atoms with van der Waals surface area (Å²) in [6, 6.07) is 6.57. The van der Waals surface area contributed by atoms with Crippen LogP contribution >= 0.6 is 0 Å². The maximum atomic E-state index is 12.4. The second kappa shape index (κ2) is 8.83. The summed E-state index contributed by atoms with van der Waals surface area (Å²) < 4.78 is 5.30. The highest BCUT2D eigenvalue weighted by atomic mass is 16.5. The number of amides is 2. The molecular formula is C20H28N2O4. The van der Waals surface area contributed by atoms with E-state index in [0.29, 0.717) is 17.5 Å². The van der Waals surface area contributed by atoms with Gasteiger partial charge in [-0.05, 0) is 43.4 Å². The summed E-state index contributed by atoms with van der Waals surface area (Å²) in [7, 11) is 0. The van der Waals surface area contributed by atoms with Gasteiger partial charge >= 0.3 is 5.97 Å². The van der Waals surface area contributed by atoms with Crippen LogP contribution in [-0.4, -0.2) is 29.9 Å². The fraction of sp³-hybridized carbons (Fsp3) is 0.550. The van der Waals surface area contributed by atoms with Gasteiger partial charge in [0.05, 0.1) is 5.56 Å². The minimum Gasteiger partial charge on any atom is -0.449 e. The lowest BCUT2D eigenvalue weighted by molar-refractivity contribution is -0.130. The number of rotatable bonds is 5. The van der Waals surface area contributed by atoms with Gasteiger partial charge < -0.3 is 15.4 Å². The zero-order valence-electron chi connectivity index (χ0n) is 15.9. The van der Waals surface area contributed by atoms with E-state index in [-0.39, 0.29) is 23.4 Å². The van der Waals surface area contributed by atoms with Crippen LogP contribution < -0.4 is 10.6 Å². The van der Waals surface area contributed by atoms with E-state index in [1.54, 1.807) is 25.1 Å². The Hall–Kier alpha value is -2.37. The third kappa shape index (κ3) is 5.31. The molecule has 6 heteroatoms. The van der Waals surface area contributed by atoms with Crippen molar-refractivity contribution < 1.29 is 19.1 Å². The van der Waals surface area contributed by atoms with Crippen molar-refractivity contribution in [3.05, 3.63) is 29.8 Å². The Balaban J connectivity index is 1.93. The second-order valence-electron chi connectivity index (χ2n) is 7.19. The van der Waals surface area contributed by atoms with Crippen molar-refractivity contribution in [3.63, 3.8) is 0 Å². The van der Waals surface area contributed by atoms with E-state index in [4.69, 9.17) is 4.74 Å². The van der Waals surface area contributed by atoms with E-state index < -0.39 is 12.1 Å². The molecular weight excluding hydrogens is 332 g/mol. The first-order valence-electron chi connectivity index (χ1n) is 9.17. The SMILES string of the molecule is CC(=O)Nc1cccc(C(=O)O[C@H](C)C(=O)N[C@H]2CCC[C@@H](C)[C@H]2C)c1. The highest BCUT2D eigenvalue weighted by Crippen LogP contribution is 2.29. The highest BCUT2D eigenvalue weighted by molar-refractivity contribution is 5.95. The first-order valence-corrected chi connectivity index (χ1v) is 9.17. The summed E-state index contributed by atoms with van der Waals surface area (Å²) in [6.45, 7) is 7.32. The molecule has 0 saturated heterocycles. The standard InChI is InChI=1S/C20H28N2O4/c1-12-7-5-10-18(13(12)2)22-19(24)14(3)26-20(25)16-8-6-9-17(11-16)21-15(4)23/h6,8-9,11-14,18H,5,7,10H2,1-4H3,(H,21,23)(H,22,24)/t12-,13-,14-,18+/m1/s1. The van der Waals surface area contributed by atoms with E-state index in [9.17, 15) is 14.4 Å². The van der Waals surface area contributed by atoms with Crippen molar-refractivity contribution in [2.75, 3.05) is 5.32 Å². The Morgan fingerprint density at radius 2 is 1.92 bits per heavy atom. The minimum absolute atomic E-state index is 0.121. The monoisotopic (exact) mass is 360 g/mol. The molecule has 0 radical (unpaired) electrons. The molecule has 1 aliphatic carbocycles. The Bertz CT molecular complexity index is 674. The van der Waals surface area contributed by atoms with Crippen LogP contribution in [0.1, 0.15) is 57.3 Å². The van der Waals surface area contributed by atoms with Gasteiger partial charge in [0.25, 0.3) is 5.91 Å². The number of anilines is 1. The average molecular weight is 360 g/mol. The molecule has 6 nitrogen and oxygen atoms in total. The van der Waals surface area contributed by atoms with Gasteiger partial charge in [-0.15, -0.1) is 0 Å². The van der Waals surface area contributed by atoms with E-state index in [1.165, 1.54) is 19.4 Å². The van der Waals surface area contributed by atoms with Crippen molar-refractivity contribution in [1.82, 2.24) is 5.32 Å². The molecule has 0 unspecified atom stereocenters. The third-order valence-corrected chi connectivity index (χ3v) is 5.11. The lowest BCUT2D eigenvalue weighted by atomic mass is 9.78. The van der Waals surface area contributed by atoms with Crippen LogP contribution in [0.25, 0.3) is 0 Å². The lowest BCUT2D eigenvalue weighted by Crippen LogP contribution is -2.47. The maximum absolute atomic E-state index is 12.4. The van der Waals surface area contributed by atoms with Crippen molar-refractivity contribution in [2.45, 2.75) is 59.1 Å². The van der Waals surface area contributed by atoms with Gasteiger partial charge in [0.15, 0.2) is 6.10 Å². The topological polar surface area (TPSA) is 84.5 Å². The summed E-state index contributed by atoms with van der Waals surface area (Å²) in [4.78, 5) is 35.8. The zero-order valence-corrected chi connectivity index (χ0v) is 15.9. The molecule has 4 atom stereocenters. The van der Waals surface area contributed by atoms with Gasteiger partial charge in [0.1, 0.15) is 0 Å². The molecule has 0 spiro atoms. The number of hydrogen-bond donors (Lipinski definition) is 2. The van der Waals surface area contributed by atoms with E-state index in [2.05, 4.69) is 24.5 Å². The molecule has 0 aromatic heterocycles. The summed E-state index contributed by atoms with van der Waals surface area (Å²) >= 11 is 0. The van der Waals surface area contributed by atoms with Crippen LogP contribution in [0.3, 0.4) is 0 Å². The molecule has 1 aliphatic rings. The fourth-order valence-electron chi connectivity index (χ4n) is 3.30. The zero-order chi connectivity index (χ0) is 19.3. The van der Waals surface area contributed by atoms with Gasteiger partial charge in [0, 0.05) is 18.7 Å². The number of esters is 1. The van der Waals surface area contributed by atoms with Crippen LogP contribution in [0.4, 0.5) is 5.69 Å². The summed E-state index contributed by atoms with van der Waals surface area (Å²) in [5.41, 5.74) is 0.796. The number of nitrogens with one attached hydrogen (secondary N) is 2. The van der Waals surface area contributed by atoms with E-state index in [0.717, 1.165) is 12.8 Å². The van der Waals surface area contributed by atoms with Crippen molar-refractivity contribution >= 4 is 23.5 Å². The van der Waals surface area contributed by atoms with E-state index in [1.807, 2.05) is 0 Å². The van der Waals surface area contributed by atoms with Crippen LogP contribution in [-0.2, 0) is 14.3 Å². The molecule has 0 heterocycles. The van der Waals surface area contributed by atoms with Gasteiger partial charge in [-0.3, -0.25) is 9.59 Å². The van der Waals surface area contributed by atoms with Crippen LogP contribution in [0.5, 0.6) is 0 Å². The first kappa shape index (κ1) is 19.9. The molecule has 26 heavy (non-hydrogen) atoms. The lowest BCUT2D eigenvalue weighted by Gasteiger charge is -2.35. The smallest absolute Gasteiger partial charge is 0.338 e. The average Bonchev–Trinajstić information content (AvgIpc) is 2.58. The van der Waals surface area contributed by atoms with E-state index >= 15 is 0 Å². The fourth-order valence-corrected chi connectivity index (χ4v) is 3.30. The number of carbonyl (C=O) groups is 3. The Morgan fingerprint density at radius 1 is 1.19 bits per heavy atom. The van der Waals surface area contributed by atoms with Crippen LogP contribution in [0.15, 0.2) is 24.3 Å². The predicted molar refractivity (Wildman–Crippen MR) is 99.7 cm³/mol. The van der Waals surface area contributed by atoms with Gasteiger partial charge in [0.2, 0.25) is 5.91 Å².